The Bertz CT molecular complexity index is 647. The summed E-state index contributed by atoms with van der Waals surface area (Å²) in [4.78, 5) is 11.5. The smallest absolute Gasteiger partial charge is 0.287 e. The maximum Gasteiger partial charge on any atom is 0.287 e. The summed E-state index contributed by atoms with van der Waals surface area (Å²) in [5.41, 5.74) is 0.628. The molecule has 2 aromatic rings. The Hall–Kier alpha value is -2.39. The molecule has 0 radical (unpaired) electrons. The summed E-state index contributed by atoms with van der Waals surface area (Å²) < 4.78 is 0. The topological polar surface area (TPSA) is 79.0 Å². The van der Waals surface area contributed by atoms with E-state index in [4.69, 9.17) is 5.26 Å². The second-order valence-electron chi connectivity index (χ2n) is 4.43. The van der Waals surface area contributed by atoms with Gasteiger partial charge < -0.3 is 5.32 Å². The van der Waals surface area contributed by atoms with Crippen molar-refractivity contribution in [1.82, 2.24) is 0 Å². The van der Waals surface area contributed by atoms with Crippen LogP contribution in [-0.2, 0) is 6.42 Å². The fraction of sp³-hybridized carbons (Fsp3) is 0.214. The predicted octanol–water partition coefficient (Wildman–Crippen LogP) is 3.57. The van der Waals surface area contributed by atoms with Crippen LogP contribution in [-0.4, -0.2) is 11.0 Å². The second-order valence-corrected chi connectivity index (χ2v) is 5.46. The number of nitro groups is 1. The van der Waals surface area contributed by atoms with E-state index in [1.54, 1.807) is 17.4 Å². The molecule has 0 spiro atoms. The van der Waals surface area contributed by atoms with E-state index in [-0.39, 0.29) is 17.3 Å². The average molecular weight is 287 g/mol. The Morgan fingerprint density at radius 1 is 1.50 bits per heavy atom. The lowest BCUT2D eigenvalue weighted by molar-refractivity contribution is -0.385. The van der Waals surface area contributed by atoms with E-state index in [1.807, 2.05) is 24.4 Å². The minimum Gasteiger partial charge on any atom is -0.382 e. The Morgan fingerprint density at radius 3 is 2.90 bits per heavy atom. The van der Waals surface area contributed by atoms with Crippen LogP contribution in [0.15, 0.2) is 35.7 Å². The van der Waals surface area contributed by atoms with Crippen molar-refractivity contribution in [2.45, 2.75) is 19.4 Å². The molecule has 1 aromatic carbocycles. The second kappa shape index (κ2) is 6.17. The summed E-state index contributed by atoms with van der Waals surface area (Å²) in [7, 11) is 0. The van der Waals surface area contributed by atoms with E-state index in [1.165, 1.54) is 17.0 Å². The number of hydrogen-bond acceptors (Lipinski definition) is 5. The Kier molecular flexibility index (Phi) is 4.33. The van der Waals surface area contributed by atoms with Crippen molar-refractivity contribution < 1.29 is 4.92 Å². The molecule has 0 aliphatic rings. The van der Waals surface area contributed by atoms with Gasteiger partial charge in [0, 0.05) is 29.1 Å². The third kappa shape index (κ3) is 3.33. The van der Waals surface area contributed by atoms with Gasteiger partial charge in [-0.05, 0) is 30.5 Å². The van der Waals surface area contributed by atoms with Crippen LogP contribution in [0.2, 0.25) is 0 Å². The molecular formula is C14H13N3O2S. The van der Waals surface area contributed by atoms with Gasteiger partial charge in [0.1, 0.15) is 11.6 Å². The third-order valence-electron chi connectivity index (χ3n) is 2.81. The largest absolute Gasteiger partial charge is 0.382 e. The fourth-order valence-corrected chi connectivity index (χ4v) is 2.78. The maximum atomic E-state index is 10.8. The number of hydrogen-bond donors (Lipinski definition) is 1. The highest BCUT2D eigenvalue weighted by Gasteiger charge is 2.14. The molecule has 0 saturated carbocycles. The van der Waals surface area contributed by atoms with E-state index >= 15 is 0 Å². The third-order valence-corrected chi connectivity index (χ3v) is 3.71. The van der Waals surface area contributed by atoms with Crippen molar-refractivity contribution in [3.8, 4) is 6.07 Å². The lowest BCUT2D eigenvalue weighted by atomic mass is 10.1. The van der Waals surface area contributed by atoms with Crippen LogP contribution in [0.25, 0.3) is 0 Å². The number of anilines is 1. The van der Waals surface area contributed by atoms with Crippen molar-refractivity contribution in [2.24, 2.45) is 0 Å². The molecule has 2 rings (SSSR count). The molecule has 0 bridgehead atoms. The number of nitrogens with zero attached hydrogens (tertiary/aromatic N) is 2. The first-order chi connectivity index (χ1) is 9.60. The standard InChI is InChI=1S/C14H13N3O2S/c1-10(7-13-3-2-6-20-13)16-12-4-5-14(17(18)19)11(8-12)9-15/h2-6,8,10,16H,7H2,1H3. The van der Waals surface area contributed by atoms with Crippen LogP contribution in [0.4, 0.5) is 11.4 Å². The van der Waals surface area contributed by atoms with Crippen LogP contribution in [0, 0.1) is 21.4 Å². The zero-order valence-electron chi connectivity index (χ0n) is 10.9. The highest BCUT2D eigenvalue weighted by molar-refractivity contribution is 7.09. The van der Waals surface area contributed by atoms with Gasteiger partial charge in [-0.2, -0.15) is 5.26 Å². The fourth-order valence-electron chi connectivity index (χ4n) is 1.94. The van der Waals surface area contributed by atoms with Crippen LogP contribution in [0.3, 0.4) is 0 Å². The number of nitrogens with one attached hydrogen (secondary N) is 1. The Balaban J connectivity index is 2.10. The van der Waals surface area contributed by atoms with E-state index in [2.05, 4.69) is 11.4 Å². The van der Waals surface area contributed by atoms with Gasteiger partial charge in [-0.3, -0.25) is 10.1 Å². The van der Waals surface area contributed by atoms with Crippen LogP contribution in [0.1, 0.15) is 17.4 Å². The molecule has 0 fully saturated rings. The zero-order chi connectivity index (χ0) is 14.5. The van der Waals surface area contributed by atoms with Crippen molar-refractivity contribution >= 4 is 22.7 Å². The minimum atomic E-state index is -0.544. The van der Waals surface area contributed by atoms with Gasteiger partial charge >= 0.3 is 0 Å². The minimum absolute atomic E-state index is 0.0725. The molecule has 1 atom stereocenters. The first-order valence-electron chi connectivity index (χ1n) is 6.07. The van der Waals surface area contributed by atoms with Gasteiger partial charge in [-0.25, -0.2) is 0 Å². The van der Waals surface area contributed by atoms with Gasteiger partial charge in [0.15, 0.2) is 0 Å². The Morgan fingerprint density at radius 2 is 2.30 bits per heavy atom. The van der Waals surface area contributed by atoms with E-state index in [0.717, 1.165) is 12.1 Å². The number of nitriles is 1. The normalized spacial score (nSPS) is 11.6. The molecular weight excluding hydrogens is 274 g/mol. The number of nitro benzene ring substituents is 1. The quantitative estimate of drug-likeness (QED) is 0.673. The van der Waals surface area contributed by atoms with Gasteiger partial charge in [-0.15, -0.1) is 11.3 Å². The average Bonchev–Trinajstić information content (AvgIpc) is 2.90. The number of thiophene rings is 1. The monoisotopic (exact) mass is 287 g/mol. The molecule has 102 valence electrons. The molecule has 6 heteroatoms. The summed E-state index contributed by atoms with van der Waals surface area (Å²) in [5, 5.41) is 25.0. The number of rotatable bonds is 5. The van der Waals surface area contributed by atoms with E-state index in [9.17, 15) is 10.1 Å². The van der Waals surface area contributed by atoms with Crippen molar-refractivity contribution in [2.75, 3.05) is 5.32 Å². The van der Waals surface area contributed by atoms with E-state index in [0.29, 0.717) is 0 Å². The SMILES string of the molecule is CC(Cc1cccs1)Nc1ccc([N+](=O)[O-])c(C#N)c1. The lowest BCUT2D eigenvalue weighted by Crippen LogP contribution is -2.17. The van der Waals surface area contributed by atoms with Crippen molar-refractivity contribution in [3.05, 3.63) is 56.3 Å². The summed E-state index contributed by atoms with van der Waals surface area (Å²) in [6.07, 6.45) is 0.872. The number of benzene rings is 1. The zero-order valence-corrected chi connectivity index (χ0v) is 11.7. The van der Waals surface area contributed by atoms with Crippen LogP contribution >= 0.6 is 11.3 Å². The first kappa shape index (κ1) is 14.0. The molecule has 0 aliphatic heterocycles. The first-order valence-corrected chi connectivity index (χ1v) is 6.95. The molecule has 1 aromatic heterocycles. The molecule has 1 N–H and O–H groups in total. The molecule has 0 aliphatic carbocycles. The molecule has 20 heavy (non-hydrogen) atoms. The van der Waals surface area contributed by atoms with Gasteiger partial charge in [-0.1, -0.05) is 6.07 Å². The maximum absolute atomic E-state index is 10.8. The molecule has 0 saturated heterocycles. The highest BCUT2D eigenvalue weighted by Crippen LogP contribution is 2.23. The lowest BCUT2D eigenvalue weighted by Gasteiger charge is -2.14. The summed E-state index contributed by atoms with van der Waals surface area (Å²) in [6.45, 7) is 2.03. The highest BCUT2D eigenvalue weighted by atomic mass is 32.1. The summed E-state index contributed by atoms with van der Waals surface area (Å²) in [5.74, 6) is 0. The molecule has 5 nitrogen and oxygen atoms in total. The summed E-state index contributed by atoms with van der Waals surface area (Å²) >= 11 is 1.69. The van der Waals surface area contributed by atoms with Gasteiger partial charge in [0.2, 0.25) is 0 Å². The van der Waals surface area contributed by atoms with Gasteiger partial charge in [0.25, 0.3) is 5.69 Å². The molecule has 1 heterocycles. The van der Waals surface area contributed by atoms with Crippen molar-refractivity contribution in [1.29, 1.82) is 5.26 Å². The van der Waals surface area contributed by atoms with E-state index < -0.39 is 4.92 Å². The predicted molar refractivity (Wildman–Crippen MR) is 78.9 cm³/mol. The van der Waals surface area contributed by atoms with Crippen molar-refractivity contribution in [3.63, 3.8) is 0 Å². The van der Waals surface area contributed by atoms with Crippen LogP contribution < -0.4 is 5.32 Å². The molecule has 0 amide bonds. The van der Waals surface area contributed by atoms with Gasteiger partial charge in [0.05, 0.1) is 4.92 Å². The Labute approximate surface area is 120 Å². The molecule has 1 unspecified atom stereocenters. The summed E-state index contributed by atoms with van der Waals surface area (Å²) in [6, 6.07) is 10.6. The van der Waals surface area contributed by atoms with Crippen LogP contribution in [0.5, 0.6) is 0 Å².